The number of anilines is 1. The Morgan fingerprint density at radius 3 is 2.48 bits per heavy atom. The average molecular weight is 519 g/mol. The van der Waals surface area contributed by atoms with E-state index in [-0.39, 0.29) is 26.4 Å². The zero-order valence-electron chi connectivity index (χ0n) is 17.0. The molecule has 0 fully saturated rings. The molecular formula is C20H15Cl2F3N4O3S. The van der Waals surface area contributed by atoms with Crippen LogP contribution in [0, 0.1) is 11.7 Å². The van der Waals surface area contributed by atoms with E-state index in [2.05, 4.69) is 15.5 Å². The van der Waals surface area contributed by atoms with E-state index in [0.29, 0.717) is 0 Å². The van der Waals surface area contributed by atoms with Crippen LogP contribution in [0.25, 0.3) is 0 Å². The molecule has 0 saturated heterocycles. The van der Waals surface area contributed by atoms with E-state index in [1.165, 1.54) is 48.7 Å². The van der Waals surface area contributed by atoms with Gasteiger partial charge in [-0.1, -0.05) is 29.3 Å². The van der Waals surface area contributed by atoms with E-state index < -0.39 is 44.5 Å². The zero-order valence-corrected chi connectivity index (χ0v) is 19.3. The molecule has 1 heterocycles. The van der Waals surface area contributed by atoms with E-state index in [1.807, 2.05) is 0 Å². The summed E-state index contributed by atoms with van der Waals surface area (Å²) in [5.74, 6) is -1.57. The Bertz CT molecular complexity index is 1350. The van der Waals surface area contributed by atoms with Gasteiger partial charge in [0.25, 0.3) is 11.8 Å². The molecule has 0 aliphatic rings. The van der Waals surface area contributed by atoms with E-state index >= 15 is 0 Å². The van der Waals surface area contributed by atoms with Crippen LogP contribution < -0.4 is 10.1 Å². The van der Waals surface area contributed by atoms with Gasteiger partial charge in [-0.2, -0.15) is 13.2 Å². The number of carbonyl (C=O) groups excluding carboxylic acids is 1. The Balaban J connectivity index is 2.09. The molecule has 13 heteroatoms. The lowest BCUT2D eigenvalue weighted by atomic mass is 10.1. The molecule has 33 heavy (non-hydrogen) atoms. The van der Waals surface area contributed by atoms with Gasteiger partial charge < -0.3 is 10.1 Å². The summed E-state index contributed by atoms with van der Waals surface area (Å²) < 4.78 is 65.4. The number of amides is 1. The first-order valence-electron chi connectivity index (χ1n) is 9.00. The maximum atomic E-state index is 13.4. The smallest absolute Gasteiger partial charge is 0.435 e. The summed E-state index contributed by atoms with van der Waals surface area (Å²) in [6.45, 7) is 1.05. The van der Waals surface area contributed by atoms with Gasteiger partial charge in [0.1, 0.15) is 11.3 Å². The van der Waals surface area contributed by atoms with Gasteiger partial charge in [0, 0.05) is 27.9 Å². The normalized spacial score (nSPS) is 13.3. The van der Waals surface area contributed by atoms with Gasteiger partial charge >= 0.3 is 6.18 Å². The monoisotopic (exact) mass is 518 g/mol. The second-order valence-corrected chi connectivity index (χ2v) is 9.86. The summed E-state index contributed by atoms with van der Waals surface area (Å²) >= 11 is 12.0. The number of rotatable bonds is 5. The Morgan fingerprint density at radius 1 is 1.15 bits per heavy atom. The van der Waals surface area contributed by atoms with E-state index in [4.69, 9.17) is 32.7 Å². The quantitative estimate of drug-likeness (QED) is 0.418. The number of hydrogen-bond acceptors (Lipinski definition) is 6. The van der Waals surface area contributed by atoms with Crippen LogP contribution in [0.5, 0.6) is 11.6 Å². The van der Waals surface area contributed by atoms with Crippen LogP contribution >= 0.6 is 23.2 Å². The fourth-order valence-electron chi connectivity index (χ4n) is 2.78. The lowest BCUT2D eigenvalue weighted by Gasteiger charge is -2.16. The first-order valence-corrected chi connectivity index (χ1v) is 11.7. The molecule has 1 unspecified atom stereocenters. The summed E-state index contributed by atoms with van der Waals surface area (Å²) in [5, 5.41) is 9.36. The van der Waals surface area contributed by atoms with Gasteiger partial charge in [0.15, 0.2) is 5.69 Å². The first-order chi connectivity index (χ1) is 15.3. The SMILES string of the molecule is Cc1c(C(F)(F)F)nnc(Oc2cc(Cl)ccc2Cl)c1C(=O)Nc1cccc(S(C)(=N)=O)c1. The predicted molar refractivity (Wildman–Crippen MR) is 118 cm³/mol. The lowest BCUT2D eigenvalue weighted by molar-refractivity contribution is -0.142. The summed E-state index contributed by atoms with van der Waals surface area (Å²) in [6.07, 6.45) is -3.68. The molecule has 7 nitrogen and oxygen atoms in total. The van der Waals surface area contributed by atoms with Crippen molar-refractivity contribution in [3.8, 4) is 11.6 Å². The number of nitrogens with zero attached hydrogens (tertiary/aromatic N) is 2. The molecule has 0 aliphatic heterocycles. The molecule has 0 spiro atoms. The van der Waals surface area contributed by atoms with Gasteiger partial charge in [0.2, 0.25) is 0 Å². The van der Waals surface area contributed by atoms with Gasteiger partial charge in [0.05, 0.1) is 14.8 Å². The molecule has 2 N–H and O–H groups in total. The highest BCUT2D eigenvalue weighted by molar-refractivity contribution is 7.91. The minimum Gasteiger partial charge on any atom is -0.435 e. The van der Waals surface area contributed by atoms with Crippen LogP contribution in [-0.4, -0.2) is 26.6 Å². The van der Waals surface area contributed by atoms with Crippen molar-refractivity contribution < 1.29 is 26.9 Å². The zero-order chi connectivity index (χ0) is 24.6. The minimum atomic E-state index is -4.88. The van der Waals surface area contributed by atoms with Crippen molar-refractivity contribution in [2.45, 2.75) is 18.0 Å². The number of ether oxygens (including phenoxy) is 1. The van der Waals surface area contributed by atoms with Crippen molar-refractivity contribution in [1.82, 2.24) is 10.2 Å². The molecule has 174 valence electrons. The second kappa shape index (κ2) is 9.16. The topological polar surface area (TPSA) is 105 Å². The summed E-state index contributed by atoms with van der Waals surface area (Å²) in [5.41, 5.74) is -2.33. The number of carbonyl (C=O) groups is 1. The summed E-state index contributed by atoms with van der Waals surface area (Å²) in [7, 11) is -3.09. The number of halogens is 5. The Kier molecular flexibility index (Phi) is 6.87. The van der Waals surface area contributed by atoms with Crippen LogP contribution in [0.3, 0.4) is 0 Å². The number of alkyl halides is 3. The third-order valence-electron chi connectivity index (χ3n) is 4.32. The molecule has 1 atom stereocenters. The molecule has 0 bridgehead atoms. The van der Waals surface area contributed by atoms with Crippen molar-refractivity contribution in [1.29, 1.82) is 4.78 Å². The van der Waals surface area contributed by atoms with Gasteiger partial charge in [-0.15, -0.1) is 10.2 Å². The van der Waals surface area contributed by atoms with Gasteiger partial charge in [-0.05, 0) is 42.8 Å². The third kappa shape index (κ3) is 5.73. The van der Waals surface area contributed by atoms with Crippen LogP contribution in [0.15, 0.2) is 47.4 Å². The van der Waals surface area contributed by atoms with E-state index in [1.54, 1.807) is 0 Å². The maximum absolute atomic E-state index is 13.4. The summed E-state index contributed by atoms with van der Waals surface area (Å²) in [4.78, 5) is 13.2. The average Bonchev–Trinajstić information content (AvgIpc) is 2.69. The molecule has 3 aromatic rings. The van der Waals surface area contributed by atoms with Crippen molar-refractivity contribution in [2.75, 3.05) is 11.6 Å². The number of benzene rings is 2. The van der Waals surface area contributed by atoms with Crippen LogP contribution in [0.4, 0.5) is 18.9 Å². The van der Waals surface area contributed by atoms with Crippen LogP contribution in [-0.2, 0) is 15.9 Å². The van der Waals surface area contributed by atoms with Crippen molar-refractivity contribution in [2.24, 2.45) is 0 Å². The predicted octanol–water partition coefficient (Wildman–Crippen LogP) is 6.19. The van der Waals surface area contributed by atoms with Crippen molar-refractivity contribution >= 4 is 44.5 Å². The van der Waals surface area contributed by atoms with Crippen molar-refractivity contribution in [3.63, 3.8) is 0 Å². The molecule has 0 aliphatic carbocycles. The Morgan fingerprint density at radius 2 is 1.85 bits per heavy atom. The molecular weight excluding hydrogens is 504 g/mol. The highest BCUT2D eigenvalue weighted by Crippen LogP contribution is 2.37. The van der Waals surface area contributed by atoms with Crippen LogP contribution in [0.2, 0.25) is 10.0 Å². The fraction of sp³-hybridized carbons (Fsp3) is 0.150. The number of aromatic nitrogens is 2. The van der Waals surface area contributed by atoms with Gasteiger partial charge in [-0.3, -0.25) is 4.79 Å². The Labute approximate surface area is 196 Å². The van der Waals surface area contributed by atoms with E-state index in [0.717, 1.165) is 6.92 Å². The lowest BCUT2D eigenvalue weighted by Crippen LogP contribution is -2.21. The minimum absolute atomic E-state index is 0.0476. The Hall–Kier alpha value is -2.89. The third-order valence-corrected chi connectivity index (χ3v) is 6.02. The number of nitrogens with one attached hydrogen (secondary N) is 2. The molecule has 1 amide bonds. The molecule has 0 saturated carbocycles. The van der Waals surface area contributed by atoms with Crippen LogP contribution in [0.1, 0.15) is 21.6 Å². The molecule has 0 radical (unpaired) electrons. The van der Waals surface area contributed by atoms with Gasteiger partial charge in [-0.25, -0.2) is 8.99 Å². The number of hydrogen-bond donors (Lipinski definition) is 2. The largest absolute Gasteiger partial charge is 0.435 e. The standard InChI is InChI=1S/C20H15Cl2F3N4O3S/c1-10-16(18(30)27-12-4-3-5-13(9-12)33(2,26)31)19(29-28-17(10)20(23,24)25)32-15-8-11(21)6-7-14(15)22/h3-9,26H,1-2H3,(H,27,30). The highest BCUT2D eigenvalue weighted by atomic mass is 35.5. The summed E-state index contributed by atoms with van der Waals surface area (Å²) in [6, 6.07) is 9.77. The molecule has 3 rings (SSSR count). The fourth-order valence-corrected chi connectivity index (χ4v) is 3.78. The first kappa shape index (κ1) is 24.7. The molecule has 2 aromatic carbocycles. The molecule has 1 aromatic heterocycles. The van der Waals surface area contributed by atoms with Crippen molar-refractivity contribution in [3.05, 3.63) is 69.3 Å². The second-order valence-electron chi connectivity index (χ2n) is 6.85. The maximum Gasteiger partial charge on any atom is 0.435 e. The van der Waals surface area contributed by atoms with E-state index in [9.17, 15) is 22.2 Å². The highest BCUT2D eigenvalue weighted by Gasteiger charge is 2.38.